The summed E-state index contributed by atoms with van der Waals surface area (Å²) >= 11 is 0. The first-order valence-corrected chi connectivity index (χ1v) is 7.63. The van der Waals surface area contributed by atoms with Crippen LogP contribution in [0.15, 0.2) is 18.2 Å². The molecule has 1 aromatic carbocycles. The topological polar surface area (TPSA) is 62.8 Å². The van der Waals surface area contributed by atoms with Crippen molar-refractivity contribution in [3.05, 3.63) is 23.8 Å². The number of methoxy groups -OCH3 is 1. The van der Waals surface area contributed by atoms with Gasteiger partial charge in [0, 0.05) is 13.1 Å². The lowest BCUT2D eigenvalue weighted by atomic mass is 10.2. The zero-order chi connectivity index (χ0) is 15.3. The molecule has 0 saturated heterocycles. The van der Waals surface area contributed by atoms with Crippen LogP contribution in [-0.4, -0.2) is 45.1 Å². The van der Waals surface area contributed by atoms with Crippen LogP contribution in [0.5, 0.6) is 11.5 Å². The van der Waals surface area contributed by atoms with Crippen LogP contribution in [0.3, 0.4) is 0 Å². The maximum Gasteiger partial charge on any atom is 0.161 e. The molecule has 120 valence electrons. The van der Waals surface area contributed by atoms with E-state index in [1.165, 1.54) is 5.56 Å². The highest BCUT2D eigenvalue weighted by Crippen LogP contribution is 2.28. The first kappa shape index (κ1) is 17.8. The molecule has 21 heavy (non-hydrogen) atoms. The maximum absolute atomic E-state index is 8.64. The molecule has 0 amide bonds. The third kappa shape index (κ3) is 7.32. The predicted molar refractivity (Wildman–Crippen MR) is 85.1 cm³/mol. The molecule has 0 aliphatic rings. The Morgan fingerprint density at radius 3 is 2.62 bits per heavy atom. The summed E-state index contributed by atoms with van der Waals surface area (Å²) in [6.07, 6.45) is 2.02. The van der Waals surface area contributed by atoms with Gasteiger partial charge in [-0.15, -0.1) is 0 Å². The molecule has 0 aliphatic heterocycles. The van der Waals surface area contributed by atoms with Crippen LogP contribution in [0.2, 0.25) is 0 Å². The van der Waals surface area contributed by atoms with Crippen molar-refractivity contribution in [1.29, 1.82) is 0 Å². The Balaban J connectivity index is 2.31. The fourth-order valence-corrected chi connectivity index (χ4v) is 1.93. The average Bonchev–Trinajstić information content (AvgIpc) is 2.52. The van der Waals surface area contributed by atoms with Gasteiger partial charge in [0.1, 0.15) is 0 Å². The van der Waals surface area contributed by atoms with Gasteiger partial charge in [-0.3, -0.25) is 0 Å². The highest BCUT2D eigenvalue weighted by Gasteiger charge is 2.05. The smallest absolute Gasteiger partial charge is 0.161 e. The van der Waals surface area contributed by atoms with Crippen molar-refractivity contribution in [2.75, 3.05) is 40.0 Å². The summed E-state index contributed by atoms with van der Waals surface area (Å²) in [5.74, 6) is 1.59. The summed E-state index contributed by atoms with van der Waals surface area (Å²) in [5.41, 5.74) is 1.18. The van der Waals surface area contributed by atoms with Gasteiger partial charge in [0.05, 0.1) is 20.3 Å². The van der Waals surface area contributed by atoms with Crippen LogP contribution in [-0.2, 0) is 6.54 Å². The number of aliphatic hydroxyl groups excluding tert-OH is 1. The van der Waals surface area contributed by atoms with Gasteiger partial charge in [0.15, 0.2) is 11.5 Å². The van der Waals surface area contributed by atoms with Gasteiger partial charge in [-0.1, -0.05) is 13.0 Å². The summed E-state index contributed by atoms with van der Waals surface area (Å²) < 4.78 is 11.0. The predicted octanol–water partition coefficient (Wildman–Crippen LogP) is 1.55. The van der Waals surface area contributed by atoms with Crippen LogP contribution in [0.25, 0.3) is 0 Å². The number of hydrogen-bond acceptors (Lipinski definition) is 5. The zero-order valence-corrected chi connectivity index (χ0v) is 13.2. The molecule has 0 heterocycles. The van der Waals surface area contributed by atoms with Crippen molar-refractivity contribution in [2.24, 2.45) is 0 Å². The highest BCUT2D eigenvalue weighted by molar-refractivity contribution is 5.42. The van der Waals surface area contributed by atoms with Crippen molar-refractivity contribution in [1.82, 2.24) is 10.6 Å². The Labute approximate surface area is 127 Å². The molecule has 5 heteroatoms. The summed E-state index contributed by atoms with van der Waals surface area (Å²) in [6.45, 7) is 6.31. The molecule has 0 saturated carbocycles. The molecule has 0 unspecified atom stereocenters. The van der Waals surface area contributed by atoms with E-state index in [0.717, 1.165) is 44.0 Å². The van der Waals surface area contributed by atoms with Gasteiger partial charge in [-0.25, -0.2) is 0 Å². The Bertz CT molecular complexity index is 386. The minimum Gasteiger partial charge on any atom is -0.493 e. The molecule has 5 nitrogen and oxygen atoms in total. The van der Waals surface area contributed by atoms with Crippen molar-refractivity contribution in [3.63, 3.8) is 0 Å². The van der Waals surface area contributed by atoms with Gasteiger partial charge in [-0.2, -0.15) is 0 Å². The molecule has 0 radical (unpaired) electrons. The lowest BCUT2D eigenvalue weighted by molar-refractivity contribution is 0.292. The van der Waals surface area contributed by atoms with Gasteiger partial charge in [-0.05, 0) is 43.6 Å². The van der Waals surface area contributed by atoms with E-state index in [1.807, 2.05) is 12.1 Å². The minimum atomic E-state index is 0.194. The van der Waals surface area contributed by atoms with Gasteiger partial charge >= 0.3 is 0 Å². The van der Waals surface area contributed by atoms with Crippen LogP contribution in [0.1, 0.15) is 25.3 Å². The van der Waals surface area contributed by atoms with Crippen LogP contribution < -0.4 is 20.1 Å². The summed E-state index contributed by atoms with van der Waals surface area (Å²) in [5, 5.41) is 15.2. The standard InChI is InChI=1S/C16H28N2O3/c1-3-11-21-15-6-5-14(12-16(15)20-2)13-18-8-4-7-17-9-10-19/h5-6,12,17-19H,3-4,7-11,13H2,1-2H3. The summed E-state index contributed by atoms with van der Waals surface area (Å²) in [6, 6.07) is 6.04. The molecule has 1 rings (SSSR count). The number of hydrogen-bond donors (Lipinski definition) is 3. The summed E-state index contributed by atoms with van der Waals surface area (Å²) in [7, 11) is 1.66. The van der Waals surface area contributed by atoms with E-state index < -0.39 is 0 Å². The van der Waals surface area contributed by atoms with Crippen molar-refractivity contribution in [2.45, 2.75) is 26.3 Å². The van der Waals surface area contributed by atoms with Crippen LogP contribution in [0.4, 0.5) is 0 Å². The molecule has 3 N–H and O–H groups in total. The maximum atomic E-state index is 8.64. The lowest BCUT2D eigenvalue weighted by Gasteiger charge is -2.12. The quantitative estimate of drug-likeness (QED) is 0.511. The van der Waals surface area contributed by atoms with Crippen LogP contribution in [0, 0.1) is 0 Å². The third-order valence-corrected chi connectivity index (χ3v) is 3.01. The first-order chi connectivity index (χ1) is 10.3. The van der Waals surface area contributed by atoms with Gasteiger partial charge in [0.25, 0.3) is 0 Å². The molecule has 0 aromatic heterocycles. The Hall–Kier alpha value is -1.30. The number of ether oxygens (including phenoxy) is 2. The van der Waals surface area contributed by atoms with E-state index in [-0.39, 0.29) is 6.61 Å². The molecule has 0 aliphatic carbocycles. The Kier molecular flexibility index (Phi) is 9.61. The number of aliphatic hydroxyl groups is 1. The SMILES string of the molecule is CCCOc1ccc(CNCCCNCCO)cc1OC. The van der Waals surface area contributed by atoms with Gasteiger partial charge < -0.3 is 25.2 Å². The molecule has 0 bridgehead atoms. The van der Waals surface area contributed by atoms with Crippen molar-refractivity contribution in [3.8, 4) is 11.5 Å². The van der Waals surface area contributed by atoms with E-state index in [9.17, 15) is 0 Å². The lowest BCUT2D eigenvalue weighted by Crippen LogP contribution is -2.23. The molecule has 0 spiro atoms. The molecule has 0 atom stereocenters. The first-order valence-electron chi connectivity index (χ1n) is 7.63. The largest absolute Gasteiger partial charge is 0.493 e. The van der Waals surface area contributed by atoms with Crippen molar-refractivity contribution < 1.29 is 14.6 Å². The van der Waals surface area contributed by atoms with E-state index in [4.69, 9.17) is 14.6 Å². The highest BCUT2D eigenvalue weighted by atomic mass is 16.5. The zero-order valence-electron chi connectivity index (χ0n) is 13.2. The van der Waals surface area contributed by atoms with Crippen LogP contribution >= 0.6 is 0 Å². The summed E-state index contributed by atoms with van der Waals surface area (Å²) in [4.78, 5) is 0. The average molecular weight is 296 g/mol. The normalized spacial score (nSPS) is 10.6. The fourth-order valence-electron chi connectivity index (χ4n) is 1.93. The molecular weight excluding hydrogens is 268 g/mol. The van der Waals surface area contributed by atoms with E-state index in [0.29, 0.717) is 13.2 Å². The van der Waals surface area contributed by atoms with E-state index >= 15 is 0 Å². The Morgan fingerprint density at radius 2 is 1.90 bits per heavy atom. The fraction of sp³-hybridized carbons (Fsp3) is 0.625. The molecule has 0 fully saturated rings. The van der Waals surface area contributed by atoms with E-state index in [1.54, 1.807) is 7.11 Å². The van der Waals surface area contributed by atoms with E-state index in [2.05, 4.69) is 23.6 Å². The van der Waals surface area contributed by atoms with Crippen molar-refractivity contribution >= 4 is 0 Å². The second-order valence-electron chi connectivity index (χ2n) is 4.84. The third-order valence-electron chi connectivity index (χ3n) is 3.01. The monoisotopic (exact) mass is 296 g/mol. The number of rotatable bonds is 12. The number of nitrogens with one attached hydrogen (secondary N) is 2. The van der Waals surface area contributed by atoms with Gasteiger partial charge in [0.2, 0.25) is 0 Å². The molecular formula is C16H28N2O3. The molecule has 1 aromatic rings. The minimum absolute atomic E-state index is 0.194. The Morgan fingerprint density at radius 1 is 1.10 bits per heavy atom. The number of benzene rings is 1. The second-order valence-corrected chi connectivity index (χ2v) is 4.84. The second kappa shape index (κ2) is 11.4.